The molecule has 172 valence electrons. The Hall–Kier alpha value is -3.39. The zero-order valence-corrected chi connectivity index (χ0v) is 20.8. The zero-order valence-electron chi connectivity index (χ0n) is 23.8. The third-order valence-corrected chi connectivity index (χ3v) is 6.57. The molecule has 5 aromatic rings. The van der Waals surface area contributed by atoms with Gasteiger partial charge in [-0.05, 0) is 63.7 Å². The first-order valence-corrected chi connectivity index (χ1v) is 11.8. The summed E-state index contributed by atoms with van der Waals surface area (Å²) in [5.41, 5.74) is 7.08. The summed E-state index contributed by atoms with van der Waals surface area (Å²) in [4.78, 5) is 4.65. The van der Waals surface area contributed by atoms with Crippen LogP contribution < -0.4 is 0 Å². The highest BCUT2D eigenvalue weighted by molar-refractivity contribution is 6.09. The summed E-state index contributed by atoms with van der Waals surface area (Å²) in [6.07, 6.45) is 1.52. The number of para-hydroxylation sites is 2. The van der Waals surface area contributed by atoms with Crippen LogP contribution in [0.4, 0.5) is 0 Å². The minimum Gasteiger partial charge on any atom is -0.455 e. The predicted octanol–water partition coefficient (Wildman–Crippen LogP) is 9.22. The smallest absolute Gasteiger partial charge is 0.144 e. The highest BCUT2D eigenvalue weighted by Crippen LogP contribution is 2.40. The maximum Gasteiger partial charge on any atom is 0.144 e. The second-order valence-electron chi connectivity index (χ2n) is 11.2. The summed E-state index contributed by atoms with van der Waals surface area (Å²) in [5.74, 6) is 0. The van der Waals surface area contributed by atoms with Crippen molar-refractivity contribution >= 4 is 21.9 Å². The predicted molar refractivity (Wildman–Crippen MR) is 145 cm³/mol. The van der Waals surface area contributed by atoms with Crippen LogP contribution in [-0.2, 0) is 10.8 Å². The van der Waals surface area contributed by atoms with Crippen molar-refractivity contribution in [1.29, 1.82) is 0 Å². The van der Waals surface area contributed by atoms with Crippen molar-refractivity contribution in [3.05, 3.63) is 89.6 Å². The van der Waals surface area contributed by atoms with Crippen LogP contribution in [0.15, 0.2) is 77.3 Å². The van der Waals surface area contributed by atoms with Crippen LogP contribution in [0.5, 0.6) is 0 Å². The Morgan fingerprint density at radius 1 is 0.735 bits per heavy atom. The molecule has 0 aliphatic carbocycles. The van der Waals surface area contributed by atoms with Gasteiger partial charge in [0, 0.05) is 26.6 Å². The van der Waals surface area contributed by atoms with E-state index in [0.717, 1.165) is 38.6 Å². The van der Waals surface area contributed by atoms with Crippen molar-refractivity contribution in [1.82, 2.24) is 4.98 Å². The van der Waals surface area contributed by atoms with Crippen LogP contribution in [0.25, 0.3) is 44.3 Å². The van der Waals surface area contributed by atoms with E-state index in [4.69, 9.17) is 8.53 Å². The normalized spacial score (nSPS) is 14.2. The Labute approximate surface area is 206 Å². The van der Waals surface area contributed by atoms with Gasteiger partial charge < -0.3 is 4.42 Å². The van der Waals surface area contributed by atoms with Gasteiger partial charge >= 0.3 is 0 Å². The lowest BCUT2D eigenvalue weighted by Gasteiger charge is -2.28. The van der Waals surface area contributed by atoms with E-state index in [9.17, 15) is 0 Å². The lowest BCUT2D eigenvalue weighted by molar-refractivity contribution is 0.570. The van der Waals surface area contributed by atoms with Crippen LogP contribution in [0.1, 0.15) is 62.3 Å². The van der Waals surface area contributed by atoms with E-state index in [-0.39, 0.29) is 16.4 Å². The number of rotatable bonds is 2. The number of aromatic nitrogens is 1. The highest BCUT2D eigenvalue weighted by atomic mass is 16.3. The molecule has 0 saturated carbocycles. The summed E-state index contributed by atoms with van der Waals surface area (Å²) >= 11 is 0. The lowest BCUT2D eigenvalue weighted by Crippen LogP contribution is -2.17. The molecule has 2 heterocycles. The third-order valence-electron chi connectivity index (χ3n) is 6.57. The van der Waals surface area contributed by atoms with Crippen molar-refractivity contribution in [2.45, 2.75) is 59.2 Å². The van der Waals surface area contributed by atoms with Crippen molar-refractivity contribution in [2.75, 3.05) is 0 Å². The maximum absolute atomic E-state index is 8.29. The van der Waals surface area contributed by atoms with E-state index in [0.29, 0.717) is 11.3 Å². The Morgan fingerprint density at radius 2 is 1.50 bits per heavy atom. The van der Waals surface area contributed by atoms with Crippen molar-refractivity contribution in [2.24, 2.45) is 0 Å². The first-order chi connectivity index (χ1) is 17.2. The Morgan fingerprint density at radius 3 is 2.24 bits per heavy atom. The SMILES string of the molecule is [2H]C([2H])([2H])c1cnc(-c2cccc3c2oc2ccccc23)cc1-c1ccc(C(C)(C)C)cc1C(C)(C)C. The molecular formula is C32H33NO. The summed E-state index contributed by atoms with van der Waals surface area (Å²) in [7, 11) is 0. The quantitative estimate of drug-likeness (QED) is 0.268. The second-order valence-corrected chi connectivity index (χ2v) is 11.2. The number of aryl methyl sites for hydroxylation is 1. The fourth-order valence-electron chi connectivity index (χ4n) is 4.64. The largest absolute Gasteiger partial charge is 0.455 e. The Bertz CT molecular complexity index is 1630. The minimum absolute atomic E-state index is 0.0221. The van der Waals surface area contributed by atoms with Crippen LogP contribution in [0.2, 0.25) is 0 Å². The van der Waals surface area contributed by atoms with E-state index in [2.05, 4.69) is 64.7 Å². The minimum atomic E-state index is -2.30. The van der Waals surface area contributed by atoms with Crippen LogP contribution in [0, 0.1) is 6.85 Å². The standard InChI is InChI=1S/C32H33NO/c1-20-19-33-28(25-13-10-12-24-23-11-8-9-14-29(23)34-30(24)25)18-26(20)22-16-15-21(31(2,3)4)17-27(22)32(5,6)7/h8-19H,1-7H3/i1D3. The average Bonchev–Trinajstić information content (AvgIpc) is 3.20. The maximum atomic E-state index is 8.29. The lowest BCUT2D eigenvalue weighted by atomic mass is 9.77. The number of benzene rings is 3. The molecule has 0 unspecified atom stereocenters. The molecule has 2 aromatic heterocycles. The van der Waals surface area contributed by atoms with Crippen molar-refractivity contribution in [3.8, 4) is 22.4 Å². The number of hydrogen-bond donors (Lipinski definition) is 0. The van der Waals surface area contributed by atoms with Gasteiger partial charge in [0.1, 0.15) is 11.2 Å². The first kappa shape index (κ1) is 19.0. The first-order valence-electron chi connectivity index (χ1n) is 13.3. The molecule has 0 radical (unpaired) electrons. The van der Waals surface area contributed by atoms with Gasteiger partial charge in [-0.3, -0.25) is 4.98 Å². The van der Waals surface area contributed by atoms with Gasteiger partial charge in [-0.15, -0.1) is 0 Å². The van der Waals surface area contributed by atoms with Gasteiger partial charge in [-0.25, -0.2) is 0 Å². The number of hydrogen-bond acceptors (Lipinski definition) is 2. The molecule has 5 rings (SSSR count). The fraction of sp³-hybridized carbons (Fsp3) is 0.281. The van der Waals surface area contributed by atoms with Gasteiger partial charge in [0.05, 0.1) is 5.69 Å². The number of fused-ring (bicyclic) bond motifs is 3. The second kappa shape index (κ2) is 7.84. The highest BCUT2D eigenvalue weighted by Gasteiger charge is 2.24. The van der Waals surface area contributed by atoms with E-state index in [1.807, 2.05) is 48.5 Å². The monoisotopic (exact) mass is 450 g/mol. The molecular weight excluding hydrogens is 414 g/mol. The van der Waals surface area contributed by atoms with Crippen molar-refractivity contribution < 1.29 is 8.53 Å². The molecule has 0 bridgehead atoms. The van der Waals surface area contributed by atoms with Crippen LogP contribution in [0.3, 0.4) is 0 Å². The van der Waals surface area contributed by atoms with Crippen molar-refractivity contribution in [3.63, 3.8) is 0 Å². The van der Waals surface area contributed by atoms with E-state index >= 15 is 0 Å². The summed E-state index contributed by atoms with van der Waals surface area (Å²) in [6.45, 7) is 10.8. The van der Waals surface area contributed by atoms with Gasteiger partial charge in [0.25, 0.3) is 0 Å². The Kier molecular flexibility index (Phi) is 4.37. The number of pyridine rings is 1. The summed E-state index contributed by atoms with van der Waals surface area (Å²) in [6, 6.07) is 22.4. The van der Waals surface area contributed by atoms with E-state index < -0.39 is 6.85 Å². The topological polar surface area (TPSA) is 26.0 Å². The third kappa shape index (κ3) is 3.81. The molecule has 0 saturated heterocycles. The molecule has 0 atom stereocenters. The van der Waals surface area contributed by atoms with Gasteiger partial charge in [0.2, 0.25) is 0 Å². The molecule has 0 fully saturated rings. The fourth-order valence-corrected chi connectivity index (χ4v) is 4.64. The average molecular weight is 451 g/mol. The number of nitrogens with zero attached hydrogens (tertiary/aromatic N) is 1. The molecule has 0 amide bonds. The van der Waals surface area contributed by atoms with Gasteiger partial charge in [-0.2, -0.15) is 0 Å². The van der Waals surface area contributed by atoms with E-state index in [1.165, 1.54) is 11.8 Å². The van der Waals surface area contributed by atoms with Crippen LogP contribution >= 0.6 is 0 Å². The molecule has 34 heavy (non-hydrogen) atoms. The molecule has 0 aliphatic rings. The molecule has 2 heteroatoms. The van der Waals surface area contributed by atoms with E-state index in [1.54, 1.807) is 0 Å². The Balaban J connectivity index is 1.80. The molecule has 2 nitrogen and oxygen atoms in total. The molecule has 0 spiro atoms. The molecule has 0 N–H and O–H groups in total. The summed E-state index contributed by atoms with van der Waals surface area (Å²) < 4.78 is 31.1. The number of furan rings is 1. The molecule has 3 aromatic carbocycles. The van der Waals surface area contributed by atoms with Gasteiger partial charge in [0.15, 0.2) is 0 Å². The van der Waals surface area contributed by atoms with Gasteiger partial charge in [-0.1, -0.05) is 90.1 Å². The zero-order chi connectivity index (χ0) is 26.8. The van der Waals surface area contributed by atoms with Crippen LogP contribution in [-0.4, -0.2) is 4.98 Å². The summed E-state index contributed by atoms with van der Waals surface area (Å²) in [5, 5.41) is 2.06. The molecule has 0 aliphatic heterocycles.